The summed E-state index contributed by atoms with van der Waals surface area (Å²) in [5.41, 5.74) is 6.62. The summed E-state index contributed by atoms with van der Waals surface area (Å²) in [5.74, 6) is 1.13. The molecule has 37 heavy (non-hydrogen) atoms. The van der Waals surface area contributed by atoms with E-state index in [1.807, 2.05) is 24.3 Å². The Balaban J connectivity index is 1.11. The topological polar surface area (TPSA) is 95.3 Å². The molecule has 0 amide bonds. The van der Waals surface area contributed by atoms with Gasteiger partial charge in [0.05, 0.1) is 28.8 Å². The summed E-state index contributed by atoms with van der Waals surface area (Å²) in [7, 11) is 0. The number of ether oxygens (including phenoxy) is 3. The predicted molar refractivity (Wildman–Crippen MR) is 139 cm³/mol. The fourth-order valence-corrected chi connectivity index (χ4v) is 5.30. The van der Waals surface area contributed by atoms with Crippen molar-refractivity contribution in [3.8, 4) is 39.7 Å². The minimum atomic E-state index is -0.166. The summed E-state index contributed by atoms with van der Waals surface area (Å²) in [5, 5.41) is 4.62. The van der Waals surface area contributed by atoms with E-state index in [1.54, 1.807) is 6.92 Å². The van der Waals surface area contributed by atoms with Crippen LogP contribution in [-0.4, -0.2) is 51.6 Å². The largest absolute Gasteiger partial charge is 0.456 e. The van der Waals surface area contributed by atoms with E-state index in [0.29, 0.717) is 36.0 Å². The molecule has 186 valence electrons. The Morgan fingerprint density at radius 3 is 2.38 bits per heavy atom. The summed E-state index contributed by atoms with van der Waals surface area (Å²) in [4.78, 5) is 12.2. The maximum absolute atomic E-state index is 6.68. The number of aromatic nitrogens is 4. The number of halogens is 1. The summed E-state index contributed by atoms with van der Waals surface area (Å²) >= 11 is 6.68. The molecule has 1 N–H and O–H groups in total. The molecule has 2 aromatic heterocycles. The maximum Gasteiger partial charge on any atom is 0.295 e. The molecule has 3 atom stereocenters. The molecule has 2 saturated heterocycles. The van der Waals surface area contributed by atoms with Crippen molar-refractivity contribution in [3.63, 3.8) is 0 Å². The van der Waals surface area contributed by atoms with Gasteiger partial charge < -0.3 is 23.7 Å². The third-order valence-corrected chi connectivity index (χ3v) is 7.24. The highest BCUT2D eigenvalue weighted by molar-refractivity contribution is 6.34. The van der Waals surface area contributed by atoms with Crippen molar-refractivity contribution >= 4 is 22.6 Å². The Morgan fingerprint density at radius 2 is 1.65 bits per heavy atom. The summed E-state index contributed by atoms with van der Waals surface area (Å²) in [6, 6.07) is 20.7. The van der Waals surface area contributed by atoms with E-state index in [1.165, 1.54) is 0 Å². The molecule has 0 aliphatic carbocycles. The van der Waals surface area contributed by atoms with Crippen LogP contribution in [0.15, 0.2) is 65.2 Å². The number of hydrogen-bond acceptors (Lipinski definition) is 7. The first-order valence-corrected chi connectivity index (χ1v) is 12.6. The maximum atomic E-state index is 6.68. The third-order valence-electron chi connectivity index (χ3n) is 6.93. The van der Waals surface area contributed by atoms with Crippen molar-refractivity contribution in [1.29, 1.82) is 0 Å². The highest BCUT2D eigenvalue weighted by Gasteiger charge is 2.43. The Hall–Kier alpha value is -3.72. The SMILES string of the molecule is Cc1nc(-c2ccc(-c3ccc(-c4cc5nc(OC6COC7CCOC76)[nH]c5cc4Cl)cc3)cc2)no1. The predicted octanol–water partition coefficient (Wildman–Crippen LogP) is 5.84. The molecule has 4 heterocycles. The van der Waals surface area contributed by atoms with E-state index in [2.05, 4.69) is 56.5 Å². The molecule has 0 bridgehead atoms. The summed E-state index contributed by atoms with van der Waals surface area (Å²) in [6.07, 6.45) is 0.825. The number of aryl methyl sites for hydroxylation is 1. The molecule has 0 radical (unpaired) electrons. The van der Waals surface area contributed by atoms with Gasteiger partial charge in [-0.25, -0.2) is 0 Å². The number of aromatic amines is 1. The van der Waals surface area contributed by atoms with Crippen molar-refractivity contribution < 1.29 is 18.7 Å². The van der Waals surface area contributed by atoms with Crippen molar-refractivity contribution in [2.75, 3.05) is 13.2 Å². The van der Waals surface area contributed by atoms with Crippen LogP contribution >= 0.6 is 11.6 Å². The van der Waals surface area contributed by atoms with Gasteiger partial charge >= 0.3 is 0 Å². The van der Waals surface area contributed by atoms with Crippen LogP contribution < -0.4 is 4.74 Å². The first-order chi connectivity index (χ1) is 18.1. The molecular formula is C28H23ClN4O4. The van der Waals surface area contributed by atoms with E-state index in [9.17, 15) is 0 Å². The first-order valence-electron chi connectivity index (χ1n) is 12.2. The van der Waals surface area contributed by atoms with Crippen molar-refractivity contribution in [1.82, 2.24) is 20.1 Å². The van der Waals surface area contributed by atoms with Gasteiger partial charge in [0.25, 0.3) is 6.01 Å². The van der Waals surface area contributed by atoms with Crippen LogP contribution in [0.5, 0.6) is 6.01 Å². The number of hydrogen-bond donors (Lipinski definition) is 1. The zero-order valence-electron chi connectivity index (χ0n) is 20.0. The minimum Gasteiger partial charge on any atom is -0.456 e. The van der Waals surface area contributed by atoms with Gasteiger partial charge in [0.1, 0.15) is 6.10 Å². The highest BCUT2D eigenvalue weighted by atomic mass is 35.5. The number of H-pyrrole nitrogens is 1. The van der Waals surface area contributed by atoms with Crippen molar-refractivity contribution in [3.05, 3.63) is 71.6 Å². The summed E-state index contributed by atoms with van der Waals surface area (Å²) in [6.45, 7) is 2.99. The number of nitrogens with zero attached hydrogens (tertiary/aromatic N) is 3. The normalized spacial score (nSPS) is 21.0. The van der Waals surface area contributed by atoms with Crippen LogP contribution in [0.1, 0.15) is 12.3 Å². The van der Waals surface area contributed by atoms with Gasteiger partial charge in [0.15, 0.2) is 6.10 Å². The molecule has 2 aliphatic rings. The quantitative estimate of drug-likeness (QED) is 0.314. The molecule has 7 rings (SSSR count). The Morgan fingerprint density at radius 1 is 0.919 bits per heavy atom. The average molecular weight is 515 g/mol. The van der Waals surface area contributed by atoms with Gasteiger partial charge in [-0.3, -0.25) is 0 Å². The second kappa shape index (κ2) is 8.99. The zero-order valence-corrected chi connectivity index (χ0v) is 20.7. The van der Waals surface area contributed by atoms with E-state index < -0.39 is 0 Å². The average Bonchev–Trinajstić information content (AvgIpc) is 3.70. The van der Waals surface area contributed by atoms with Crippen LogP contribution in [0.4, 0.5) is 0 Å². The van der Waals surface area contributed by atoms with Crippen LogP contribution in [-0.2, 0) is 9.47 Å². The van der Waals surface area contributed by atoms with Crippen LogP contribution in [0, 0.1) is 6.92 Å². The number of nitrogens with one attached hydrogen (secondary N) is 1. The van der Waals surface area contributed by atoms with Gasteiger partial charge in [0, 0.05) is 24.7 Å². The van der Waals surface area contributed by atoms with Gasteiger partial charge in [-0.15, -0.1) is 0 Å². The van der Waals surface area contributed by atoms with E-state index in [0.717, 1.165) is 45.3 Å². The smallest absolute Gasteiger partial charge is 0.295 e. The van der Waals surface area contributed by atoms with Gasteiger partial charge in [0.2, 0.25) is 11.7 Å². The van der Waals surface area contributed by atoms with Gasteiger partial charge in [-0.05, 0) is 35.2 Å². The van der Waals surface area contributed by atoms with Gasteiger partial charge in [-0.1, -0.05) is 65.3 Å². The monoisotopic (exact) mass is 514 g/mol. The molecular weight excluding hydrogens is 492 g/mol. The second-order valence-electron chi connectivity index (χ2n) is 9.34. The standard InChI is InChI=1S/C28H23ClN4O4/c1-15-30-27(33-37-15)19-8-4-17(5-9-19)16-2-6-18(7-3-16)20-12-22-23(13-21(20)29)32-28(31-22)36-25-14-35-24-10-11-34-26(24)25/h2-9,12-13,24-26H,10-11,14H2,1H3,(H,31,32). The molecule has 8 nitrogen and oxygen atoms in total. The number of benzene rings is 3. The van der Waals surface area contributed by atoms with Crippen LogP contribution in [0.25, 0.3) is 44.7 Å². The lowest BCUT2D eigenvalue weighted by Gasteiger charge is -2.15. The first kappa shape index (κ1) is 22.5. The lowest BCUT2D eigenvalue weighted by atomic mass is 9.99. The molecule has 3 unspecified atom stereocenters. The lowest BCUT2D eigenvalue weighted by molar-refractivity contribution is 0.0273. The van der Waals surface area contributed by atoms with E-state index in [-0.39, 0.29) is 18.3 Å². The second-order valence-corrected chi connectivity index (χ2v) is 9.74. The number of imidazole rings is 1. The number of rotatable bonds is 5. The Bertz CT molecular complexity index is 1580. The molecule has 3 aromatic carbocycles. The minimum absolute atomic E-state index is 0.0368. The molecule has 2 fully saturated rings. The van der Waals surface area contributed by atoms with Gasteiger partial charge in [-0.2, -0.15) is 9.97 Å². The Labute approximate surface area is 217 Å². The number of fused-ring (bicyclic) bond motifs is 2. The molecule has 2 aliphatic heterocycles. The summed E-state index contributed by atoms with van der Waals surface area (Å²) < 4.78 is 22.7. The molecule has 0 saturated carbocycles. The van der Waals surface area contributed by atoms with Crippen molar-refractivity contribution in [2.24, 2.45) is 0 Å². The highest BCUT2D eigenvalue weighted by Crippen LogP contribution is 2.35. The van der Waals surface area contributed by atoms with Crippen LogP contribution in [0.2, 0.25) is 5.02 Å². The lowest BCUT2D eigenvalue weighted by Crippen LogP contribution is -2.32. The van der Waals surface area contributed by atoms with E-state index >= 15 is 0 Å². The Kier molecular flexibility index (Phi) is 5.46. The zero-order chi connectivity index (χ0) is 24.9. The molecule has 0 spiro atoms. The van der Waals surface area contributed by atoms with Crippen molar-refractivity contribution in [2.45, 2.75) is 31.7 Å². The van der Waals surface area contributed by atoms with E-state index in [4.69, 9.17) is 30.3 Å². The molecule has 9 heteroatoms. The molecule has 5 aromatic rings. The third kappa shape index (κ3) is 4.17. The fraction of sp³-hybridized carbons (Fsp3) is 0.250. The van der Waals surface area contributed by atoms with Crippen LogP contribution in [0.3, 0.4) is 0 Å². The fourth-order valence-electron chi connectivity index (χ4n) is 5.03.